The molecule has 7 unspecified atom stereocenters. The third-order valence-electron chi connectivity index (χ3n) is 5.39. The van der Waals surface area contributed by atoms with Gasteiger partial charge in [0.25, 0.3) is 0 Å². The van der Waals surface area contributed by atoms with Gasteiger partial charge in [-0.25, -0.2) is 4.79 Å². The Balaban J connectivity index is 1.60. The molecule has 1 aliphatic heterocycles. The van der Waals surface area contributed by atoms with Crippen molar-refractivity contribution in [3.8, 4) is 0 Å². The summed E-state index contributed by atoms with van der Waals surface area (Å²) in [4.78, 5) is 11.7. The normalized spacial score (nSPS) is 53.1. The fourth-order valence-electron chi connectivity index (χ4n) is 4.89. The summed E-state index contributed by atoms with van der Waals surface area (Å²) < 4.78 is 11.7. The average molecular weight is 234 g/mol. The van der Waals surface area contributed by atoms with Crippen LogP contribution in [0.2, 0.25) is 0 Å². The molecule has 1 heterocycles. The van der Waals surface area contributed by atoms with Gasteiger partial charge < -0.3 is 9.47 Å². The van der Waals surface area contributed by atoms with Gasteiger partial charge in [0.05, 0.1) is 12.2 Å². The molecule has 0 aromatic heterocycles. The van der Waals surface area contributed by atoms with E-state index in [1.165, 1.54) is 19.3 Å². The molecule has 4 rings (SSSR count). The van der Waals surface area contributed by atoms with Gasteiger partial charge in [-0.2, -0.15) is 0 Å². The lowest BCUT2D eigenvalue weighted by Gasteiger charge is -2.31. The number of esters is 1. The van der Waals surface area contributed by atoms with Crippen LogP contribution in [0, 0.1) is 23.7 Å². The van der Waals surface area contributed by atoms with Gasteiger partial charge in [-0.05, 0) is 43.9 Å². The summed E-state index contributed by atoms with van der Waals surface area (Å²) >= 11 is 0. The molecule has 2 bridgehead atoms. The molecule has 3 aliphatic carbocycles. The van der Waals surface area contributed by atoms with Crippen molar-refractivity contribution in [3.05, 3.63) is 12.2 Å². The Hall–Kier alpha value is -0.830. The van der Waals surface area contributed by atoms with Crippen molar-refractivity contribution >= 4 is 5.97 Å². The van der Waals surface area contributed by atoms with Gasteiger partial charge in [0.2, 0.25) is 0 Å². The Bertz CT molecular complexity index is 400. The maximum atomic E-state index is 11.7. The van der Waals surface area contributed by atoms with Crippen molar-refractivity contribution in [1.82, 2.24) is 0 Å². The summed E-state index contributed by atoms with van der Waals surface area (Å²) in [5, 5.41) is 0. The van der Waals surface area contributed by atoms with Crippen molar-refractivity contribution < 1.29 is 14.3 Å². The van der Waals surface area contributed by atoms with E-state index in [4.69, 9.17) is 9.47 Å². The first-order valence-electron chi connectivity index (χ1n) is 6.69. The van der Waals surface area contributed by atoms with Gasteiger partial charge in [-0.3, -0.25) is 0 Å². The molecule has 3 heteroatoms. The minimum atomic E-state index is -0.245. The molecule has 4 aliphatic rings. The van der Waals surface area contributed by atoms with E-state index < -0.39 is 0 Å². The van der Waals surface area contributed by atoms with Crippen molar-refractivity contribution in [2.75, 3.05) is 0 Å². The van der Waals surface area contributed by atoms with Crippen LogP contribution in [0.1, 0.15) is 26.2 Å². The standard InChI is InChI=1S/C14H18O3/c1-6(2)14(15)17-12-8-5-9-11-7(8)3-4-10(11)16-13(9)12/h7-13H,1,3-5H2,2H3. The van der Waals surface area contributed by atoms with Crippen LogP contribution in [0.5, 0.6) is 0 Å². The second-order valence-electron chi connectivity index (χ2n) is 6.17. The molecule has 1 saturated heterocycles. The quantitative estimate of drug-likeness (QED) is 0.541. The molecule has 7 atom stereocenters. The van der Waals surface area contributed by atoms with Gasteiger partial charge in [0.15, 0.2) is 0 Å². The molecule has 0 radical (unpaired) electrons. The first kappa shape index (κ1) is 10.1. The van der Waals surface area contributed by atoms with Crippen LogP contribution in [-0.2, 0) is 14.3 Å². The van der Waals surface area contributed by atoms with E-state index >= 15 is 0 Å². The molecule has 92 valence electrons. The van der Waals surface area contributed by atoms with Crippen molar-refractivity contribution in [1.29, 1.82) is 0 Å². The first-order chi connectivity index (χ1) is 8.16. The van der Waals surface area contributed by atoms with Crippen LogP contribution in [-0.4, -0.2) is 24.3 Å². The molecule has 0 N–H and O–H groups in total. The van der Waals surface area contributed by atoms with Crippen molar-refractivity contribution in [2.45, 2.75) is 44.5 Å². The smallest absolute Gasteiger partial charge is 0.333 e. The Kier molecular flexibility index (Phi) is 1.87. The molecule has 4 fully saturated rings. The van der Waals surface area contributed by atoms with Crippen LogP contribution in [0.3, 0.4) is 0 Å². The molecule has 0 aromatic carbocycles. The van der Waals surface area contributed by atoms with Crippen LogP contribution in [0.4, 0.5) is 0 Å². The van der Waals surface area contributed by atoms with Gasteiger partial charge in [-0.1, -0.05) is 6.58 Å². The predicted molar refractivity (Wildman–Crippen MR) is 61.2 cm³/mol. The van der Waals surface area contributed by atoms with Crippen LogP contribution < -0.4 is 0 Å². The largest absolute Gasteiger partial charge is 0.456 e. The van der Waals surface area contributed by atoms with E-state index in [2.05, 4.69) is 6.58 Å². The van der Waals surface area contributed by atoms with Crippen LogP contribution in [0.15, 0.2) is 12.2 Å². The third kappa shape index (κ3) is 1.13. The number of carbonyl (C=O) groups excluding carboxylic acids is 1. The highest BCUT2D eigenvalue weighted by Gasteiger charge is 2.68. The number of fused-ring (bicyclic) bond motifs is 2. The SMILES string of the molecule is C=C(C)C(=O)OC1C2CC3C1OC1CCC2C13. The summed E-state index contributed by atoms with van der Waals surface area (Å²) in [7, 11) is 0. The Morgan fingerprint density at radius 1 is 1.29 bits per heavy atom. The third-order valence-corrected chi connectivity index (χ3v) is 5.39. The molecule has 17 heavy (non-hydrogen) atoms. The van der Waals surface area contributed by atoms with Crippen LogP contribution >= 0.6 is 0 Å². The number of hydrogen-bond donors (Lipinski definition) is 0. The average Bonchev–Trinajstić information content (AvgIpc) is 2.92. The number of ether oxygens (including phenoxy) is 2. The maximum absolute atomic E-state index is 11.7. The summed E-state index contributed by atoms with van der Waals surface area (Å²) in [6.07, 6.45) is 4.37. The minimum absolute atomic E-state index is 0.00995. The topological polar surface area (TPSA) is 35.5 Å². The number of rotatable bonds is 2. The van der Waals surface area contributed by atoms with E-state index in [0.717, 1.165) is 11.8 Å². The number of carbonyl (C=O) groups is 1. The molecule has 3 nitrogen and oxygen atoms in total. The summed E-state index contributed by atoms with van der Waals surface area (Å²) in [6, 6.07) is 0. The lowest BCUT2D eigenvalue weighted by molar-refractivity contribution is -0.156. The zero-order valence-corrected chi connectivity index (χ0v) is 10.1. The lowest BCUT2D eigenvalue weighted by Crippen LogP contribution is -2.40. The molecule has 3 saturated carbocycles. The molecule has 0 amide bonds. The highest BCUT2D eigenvalue weighted by molar-refractivity contribution is 5.87. The zero-order valence-electron chi connectivity index (χ0n) is 10.1. The lowest BCUT2D eigenvalue weighted by atomic mass is 9.80. The monoisotopic (exact) mass is 234 g/mol. The van der Waals surface area contributed by atoms with E-state index in [9.17, 15) is 4.79 Å². The fourth-order valence-corrected chi connectivity index (χ4v) is 4.89. The summed E-state index contributed by atoms with van der Waals surface area (Å²) in [5.74, 6) is 2.52. The van der Waals surface area contributed by atoms with E-state index in [1.54, 1.807) is 6.92 Å². The highest BCUT2D eigenvalue weighted by atomic mass is 16.6. The van der Waals surface area contributed by atoms with E-state index in [-0.39, 0.29) is 18.2 Å². The Morgan fingerprint density at radius 2 is 2.12 bits per heavy atom. The second kappa shape index (κ2) is 3.14. The highest BCUT2D eigenvalue weighted by Crippen LogP contribution is 2.65. The van der Waals surface area contributed by atoms with E-state index in [1.807, 2.05) is 0 Å². The maximum Gasteiger partial charge on any atom is 0.333 e. The van der Waals surface area contributed by atoms with Crippen LogP contribution in [0.25, 0.3) is 0 Å². The molecular weight excluding hydrogens is 216 g/mol. The Labute approximate surface area is 101 Å². The van der Waals surface area contributed by atoms with Gasteiger partial charge in [0, 0.05) is 11.5 Å². The minimum Gasteiger partial charge on any atom is -0.456 e. The van der Waals surface area contributed by atoms with E-state index in [0.29, 0.717) is 23.5 Å². The summed E-state index contributed by atoms with van der Waals surface area (Å²) in [5.41, 5.74) is 0.493. The predicted octanol–water partition coefficient (Wildman–Crippen LogP) is 1.92. The second-order valence-corrected chi connectivity index (χ2v) is 6.17. The molecular formula is C14H18O3. The first-order valence-corrected chi connectivity index (χ1v) is 6.69. The van der Waals surface area contributed by atoms with Crippen molar-refractivity contribution in [3.63, 3.8) is 0 Å². The summed E-state index contributed by atoms with van der Waals surface area (Å²) in [6.45, 7) is 5.36. The fraction of sp³-hybridized carbons (Fsp3) is 0.786. The van der Waals surface area contributed by atoms with Gasteiger partial charge in [-0.15, -0.1) is 0 Å². The van der Waals surface area contributed by atoms with Crippen molar-refractivity contribution in [2.24, 2.45) is 23.7 Å². The Morgan fingerprint density at radius 3 is 2.88 bits per heavy atom. The number of hydrogen-bond acceptors (Lipinski definition) is 3. The zero-order chi connectivity index (χ0) is 11.7. The molecule has 0 spiro atoms. The van der Waals surface area contributed by atoms with Gasteiger partial charge >= 0.3 is 5.97 Å². The molecule has 0 aromatic rings. The van der Waals surface area contributed by atoms with Gasteiger partial charge in [0.1, 0.15) is 6.10 Å².